The van der Waals surface area contributed by atoms with E-state index in [9.17, 15) is 8.78 Å². The number of fused-ring (bicyclic) bond motifs is 1. The lowest BCUT2D eigenvalue weighted by Crippen LogP contribution is -2.52. The van der Waals surface area contributed by atoms with Crippen molar-refractivity contribution in [1.29, 1.82) is 0 Å². The van der Waals surface area contributed by atoms with Crippen LogP contribution in [0, 0.1) is 13.8 Å². The van der Waals surface area contributed by atoms with Crippen molar-refractivity contribution in [3.05, 3.63) is 165 Å². The average molecular weight is 889 g/mol. The Morgan fingerprint density at radius 3 is 2.30 bits per heavy atom. The first kappa shape index (κ1) is 44.4. The molecule has 1 atom stereocenters. The molecular weight excluding hydrogens is 838 g/mol. The standard InChI is InChI=1S/C51H51ClF2N4O6/c1-33-37(15-10-16-47(33)61-4)29-57(39-17-19-41(20-18-39)63-32-35-11-6-5-7-12-35)49(59)42-27-46(55(3)34(42)2)43-26-45(52)48(64-51(53)54)28-44(43)50(60)58-30-38-14-9-8-13-36(38)25-40(58)31-56-21-23-62-24-22-56/h5-20,26-28,40,51H,21-25,29-32H2,1-4H3/t40-/m0/s1. The van der Waals surface area contributed by atoms with E-state index in [4.69, 9.17) is 30.5 Å². The number of alkyl halides is 2. The van der Waals surface area contributed by atoms with Crippen LogP contribution < -0.4 is 19.1 Å². The minimum Gasteiger partial charge on any atom is -0.496 e. The van der Waals surface area contributed by atoms with Gasteiger partial charge in [0.05, 0.1) is 43.0 Å². The number of benzene rings is 5. The quantitative estimate of drug-likeness (QED) is 0.108. The van der Waals surface area contributed by atoms with Gasteiger partial charge in [0.25, 0.3) is 11.8 Å². The third-order valence-corrected chi connectivity index (χ3v) is 12.6. The van der Waals surface area contributed by atoms with Crippen molar-refractivity contribution in [3.63, 3.8) is 0 Å². The predicted molar refractivity (Wildman–Crippen MR) is 244 cm³/mol. The highest BCUT2D eigenvalue weighted by Crippen LogP contribution is 2.39. The molecule has 1 aromatic heterocycles. The van der Waals surface area contributed by atoms with Gasteiger partial charge in [-0.3, -0.25) is 14.5 Å². The smallest absolute Gasteiger partial charge is 0.387 e. The molecule has 0 unspecified atom stereocenters. The molecule has 0 radical (unpaired) electrons. The molecule has 6 aromatic rings. The highest BCUT2D eigenvalue weighted by molar-refractivity contribution is 6.32. The summed E-state index contributed by atoms with van der Waals surface area (Å²) >= 11 is 6.70. The van der Waals surface area contributed by atoms with Crippen LogP contribution in [0.25, 0.3) is 11.3 Å². The zero-order valence-corrected chi connectivity index (χ0v) is 37.1. The Labute approximate surface area is 377 Å². The molecule has 2 aliphatic heterocycles. The number of methoxy groups -OCH3 is 1. The third kappa shape index (κ3) is 9.64. The Kier molecular flexibility index (Phi) is 13.6. The van der Waals surface area contributed by atoms with Gasteiger partial charge in [-0.2, -0.15) is 8.78 Å². The maximum atomic E-state index is 15.2. The summed E-state index contributed by atoms with van der Waals surface area (Å²) in [5.74, 6) is 0.368. The van der Waals surface area contributed by atoms with Crippen molar-refractivity contribution in [2.45, 2.75) is 52.6 Å². The van der Waals surface area contributed by atoms with Gasteiger partial charge in [0, 0.05) is 61.9 Å². The number of carbonyl (C=O) groups is 2. The number of carbonyl (C=O) groups excluding carboxylic acids is 2. The number of aromatic nitrogens is 1. The lowest BCUT2D eigenvalue weighted by molar-refractivity contribution is -0.0498. The number of halogens is 3. The molecule has 3 heterocycles. The summed E-state index contributed by atoms with van der Waals surface area (Å²) in [5, 5.41) is -0.0999. The highest BCUT2D eigenvalue weighted by Gasteiger charge is 2.35. The largest absolute Gasteiger partial charge is 0.496 e. The first-order valence-corrected chi connectivity index (χ1v) is 21.7. The molecule has 10 nitrogen and oxygen atoms in total. The molecule has 13 heteroatoms. The van der Waals surface area contributed by atoms with Crippen LogP contribution in [-0.2, 0) is 37.9 Å². The number of anilines is 1. The maximum Gasteiger partial charge on any atom is 0.387 e. The molecule has 0 saturated carbocycles. The minimum atomic E-state index is -3.17. The van der Waals surface area contributed by atoms with Gasteiger partial charge in [-0.05, 0) is 96.6 Å². The van der Waals surface area contributed by atoms with Gasteiger partial charge in [-0.15, -0.1) is 0 Å². The second-order valence-electron chi connectivity index (χ2n) is 16.2. The van der Waals surface area contributed by atoms with Crippen molar-refractivity contribution in [1.82, 2.24) is 14.4 Å². The molecule has 332 valence electrons. The average Bonchev–Trinajstić information content (AvgIpc) is 3.61. The lowest BCUT2D eigenvalue weighted by atomic mass is 9.92. The number of hydrogen-bond acceptors (Lipinski definition) is 7. The summed E-state index contributed by atoms with van der Waals surface area (Å²) in [4.78, 5) is 36.1. The zero-order valence-electron chi connectivity index (χ0n) is 36.4. The number of morpholine rings is 1. The van der Waals surface area contributed by atoms with Gasteiger partial charge >= 0.3 is 6.61 Å². The molecule has 2 aliphatic rings. The van der Waals surface area contributed by atoms with Gasteiger partial charge in [-0.1, -0.05) is 78.3 Å². The topological polar surface area (TPSA) is 85.7 Å². The summed E-state index contributed by atoms with van der Waals surface area (Å²) in [6.07, 6.45) is 0.618. The van der Waals surface area contributed by atoms with Crippen molar-refractivity contribution in [3.8, 4) is 28.5 Å². The Bertz CT molecular complexity index is 2610. The summed E-state index contributed by atoms with van der Waals surface area (Å²) in [7, 11) is 3.42. The first-order chi connectivity index (χ1) is 31.0. The Balaban J connectivity index is 1.18. The highest BCUT2D eigenvalue weighted by atomic mass is 35.5. The number of nitrogens with zero attached hydrogens (tertiary/aromatic N) is 4. The Morgan fingerprint density at radius 2 is 1.58 bits per heavy atom. The van der Waals surface area contributed by atoms with Crippen LogP contribution in [0.5, 0.6) is 17.2 Å². The SMILES string of the molecule is COc1cccc(CN(C(=O)c2cc(-c3cc(Cl)c(OC(F)F)cc3C(=O)N3Cc4ccccc4C[C@H]3CN3CCOCC3)n(C)c2C)c2ccc(OCc3ccccc3)cc2)c1C. The molecule has 0 aliphatic carbocycles. The van der Waals surface area contributed by atoms with Crippen LogP contribution in [0.15, 0.2) is 115 Å². The van der Waals surface area contributed by atoms with E-state index in [1.54, 1.807) is 25.1 Å². The second kappa shape index (κ2) is 19.7. The fraction of sp³-hybridized carbons (Fsp3) is 0.294. The molecule has 8 rings (SSSR count). The summed E-state index contributed by atoms with van der Waals surface area (Å²) in [6, 6.07) is 35.4. The second-order valence-corrected chi connectivity index (χ2v) is 16.6. The molecule has 0 bridgehead atoms. The molecule has 2 amide bonds. The number of rotatable bonds is 14. The van der Waals surface area contributed by atoms with E-state index in [-0.39, 0.29) is 40.7 Å². The van der Waals surface area contributed by atoms with E-state index in [0.29, 0.717) is 79.0 Å². The monoisotopic (exact) mass is 888 g/mol. The van der Waals surface area contributed by atoms with Crippen LogP contribution in [0.2, 0.25) is 5.02 Å². The van der Waals surface area contributed by atoms with Gasteiger partial charge in [0.15, 0.2) is 0 Å². The van der Waals surface area contributed by atoms with Crippen LogP contribution in [-0.4, -0.2) is 78.8 Å². The predicted octanol–water partition coefficient (Wildman–Crippen LogP) is 9.90. The van der Waals surface area contributed by atoms with Crippen molar-refractivity contribution >= 4 is 29.1 Å². The molecule has 0 N–H and O–H groups in total. The van der Waals surface area contributed by atoms with Crippen molar-refractivity contribution in [2.75, 3.05) is 44.9 Å². The molecule has 5 aromatic carbocycles. The van der Waals surface area contributed by atoms with Crippen molar-refractivity contribution in [2.24, 2.45) is 7.05 Å². The van der Waals surface area contributed by atoms with Gasteiger partial charge < -0.3 is 33.3 Å². The number of ether oxygens (including phenoxy) is 4. The minimum absolute atomic E-state index is 0.0999. The van der Waals surface area contributed by atoms with Crippen LogP contribution >= 0.6 is 11.6 Å². The fourth-order valence-electron chi connectivity index (χ4n) is 8.64. The molecular formula is C51H51ClF2N4O6. The van der Waals surface area contributed by atoms with E-state index in [0.717, 1.165) is 40.9 Å². The number of hydrogen-bond donors (Lipinski definition) is 0. The van der Waals surface area contributed by atoms with Crippen LogP contribution in [0.1, 0.15) is 54.2 Å². The van der Waals surface area contributed by atoms with E-state index in [1.807, 2.05) is 114 Å². The van der Waals surface area contributed by atoms with Crippen molar-refractivity contribution < 1.29 is 37.3 Å². The maximum absolute atomic E-state index is 15.2. The van der Waals surface area contributed by atoms with E-state index >= 15 is 9.59 Å². The van der Waals surface area contributed by atoms with Gasteiger partial charge in [-0.25, -0.2) is 0 Å². The van der Waals surface area contributed by atoms with Crippen LogP contribution in [0.4, 0.5) is 14.5 Å². The summed E-state index contributed by atoms with van der Waals surface area (Å²) in [6.45, 7) is 4.83. The third-order valence-electron chi connectivity index (χ3n) is 12.3. The van der Waals surface area contributed by atoms with E-state index < -0.39 is 6.61 Å². The molecule has 0 spiro atoms. The molecule has 64 heavy (non-hydrogen) atoms. The Hall–Kier alpha value is -6.21. The van der Waals surface area contributed by atoms with Gasteiger partial charge in [0.1, 0.15) is 23.9 Å². The summed E-state index contributed by atoms with van der Waals surface area (Å²) < 4.78 is 51.7. The van der Waals surface area contributed by atoms with E-state index in [1.165, 1.54) is 12.1 Å². The fourth-order valence-corrected chi connectivity index (χ4v) is 8.85. The lowest BCUT2D eigenvalue weighted by Gasteiger charge is -2.40. The number of amides is 2. The first-order valence-electron chi connectivity index (χ1n) is 21.3. The summed E-state index contributed by atoms with van der Waals surface area (Å²) in [5.41, 5.74) is 7.61. The molecule has 1 saturated heterocycles. The van der Waals surface area contributed by atoms with Crippen LogP contribution in [0.3, 0.4) is 0 Å². The normalized spacial score (nSPS) is 15.2. The zero-order chi connectivity index (χ0) is 44.9. The molecule has 1 fully saturated rings. The Morgan fingerprint density at radius 1 is 0.859 bits per heavy atom. The van der Waals surface area contributed by atoms with E-state index in [2.05, 4.69) is 11.0 Å². The van der Waals surface area contributed by atoms with Gasteiger partial charge in [0.2, 0.25) is 0 Å².